The first-order valence-electron chi connectivity index (χ1n) is 4.48. The van der Waals surface area contributed by atoms with E-state index < -0.39 is 0 Å². The molecule has 0 atom stereocenters. The van der Waals surface area contributed by atoms with Crippen LogP contribution in [0.5, 0.6) is 0 Å². The Morgan fingerprint density at radius 1 is 1.08 bits per heavy atom. The van der Waals surface area contributed by atoms with Gasteiger partial charge in [0.05, 0.1) is 0 Å². The second-order valence-corrected chi connectivity index (χ2v) is 3.24. The molecular weight excluding hydrogens is 148 g/mol. The van der Waals surface area contributed by atoms with Crippen molar-refractivity contribution in [1.29, 1.82) is 0 Å². The topological polar surface area (TPSA) is 17.1 Å². The van der Waals surface area contributed by atoms with Gasteiger partial charge in [0.25, 0.3) is 0 Å². The van der Waals surface area contributed by atoms with E-state index in [0.29, 0.717) is 0 Å². The van der Waals surface area contributed by atoms with Crippen molar-refractivity contribution >= 4 is 6.29 Å². The molecule has 0 amide bonds. The van der Waals surface area contributed by atoms with Crippen LogP contribution in [0, 0.1) is 5.41 Å². The molecule has 0 aromatic rings. The highest BCUT2D eigenvalue weighted by molar-refractivity contribution is 5.65. The fourth-order valence-corrected chi connectivity index (χ4v) is 0.883. The fourth-order valence-electron chi connectivity index (χ4n) is 0.883. The number of hydrogen-bond donors (Lipinski definition) is 0. The van der Waals surface area contributed by atoms with Gasteiger partial charge in [0.15, 0.2) is 0 Å². The van der Waals surface area contributed by atoms with Crippen molar-refractivity contribution < 1.29 is 4.79 Å². The first-order valence-corrected chi connectivity index (χ1v) is 4.48. The zero-order chi connectivity index (χ0) is 9.45. The molecule has 0 radical (unpaired) electrons. The maximum Gasteiger partial charge on any atom is 0.142 e. The third-order valence-electron chi connectivity index (χ3n) is 2.41. The number of carbonyl (C=O) groups excluding carboxylic acids is 1. The average Bonchev–Trinajstić information content (AvgIpc) is 2.12. The molecule has 12 heavy (non-hydrogen) atoms. The predicted octanol–water partition coefficient (Wildman–Crippen LogP) is 3.12. The van der Waals surface area contributed by atoms with Gasteiger partial charge in [-0.25, -0.2) is 0 Å². The van der Waals surface area contributed by atoms with Crippen LogP contribution in [0.25, 0.3) is 0 Å². The van der Waals surface area contributed by atoms with Gasteiger partial charge in [0, 0.05) is 0 Å². The van der Waals surface area contributed by atoms with Crippen LogP contribution in [0.4, 0.5) is 0 Å². The second kappa shape index (κ2) is 5.76. The van der Waals surface area contributed by atoms with Crippen LogP contribution in [-0.2, 0) is 4.79 Å². The summed E-state index contributed by atoms with van der Waals surface area (Å²) in [5, 5.41) is 0. The van der Waals surface area contributed by atoms with E-state index in [1.807, 2.05) is 6.08 Å². The molecule has 0 bridgehead atoms. The van der Waals surface area contributed by atoms with Crippen LogP contribution < -0.4 is 0 Å². The van der Waals surface area contributed by atoms with Gasteiger partial charge in [0.2, 0.25) is 0 Å². The summed E-state index contributed by atoms with van der Waals surface area (Å²) in [6.07, 6.45) is 10.4. The number of rotatable bonds is 5. The van der Waals surface area contributed by atoms with Crippen molar-refractivity contribution in [3.63, 3.8) is 0 Å². The molecule has 0 unspecified atom stereocenters. The van der Waals surface area contributed by atoms with E-state index in [4.69, 9.17) is 0 Å². The molecule has 0 aromatic carbocycles. The molecule has 0 aliphatic rings. The number of aldehydes is 1. The van der Waals surface area contributed by atoms with Crippen LogP contribution in [0.15, 0.2) is 24.3 Å². The van der Waals surface area contributed by atoms with E-state index in [1.54, 1.807) is 6.08 Å². The molecule has 0 spiro atoms. The highest BCUT2D eigenvalue weighted by atomic mass is 16.1. The Bertz CT molecular complexity index is 173. The third kappa shape index (κ3) is 4.12. The minimum absolute atomic E-state index is 0.285. The van der Waals surface area contributed by atoms with Crippen molar-refractivity contribution in [2.45, 2.75) is 33.6 Å². The Kier molecular flexibility index (Phi) is 5.35. The zero-order valence-corrected chi connectivity index (χ0v) is 8.21. The van der Waals surface area contributed by atoms with Crippen LogP contribution in [-0.4, -0.2) is 6.29 Å². The lowest BCUT2D eigenvalue weighted by Crippen LogP contribution is -2.08. The summed E-state index contributed by atoms with van der Waals surface area (Å²) in [6.45, 7) is 6.58. The van der Waals surface area contributed by atoms with Crippen molar-refractivity contribution in [3.8, 4) is 0 Å². The SMILES string of the molecule is CCC(C)(C=CC=CC=O)CC. The minimum atomic E-state index is 0.285. The molecule has 0 aliphatic heterocycles. The molecule has 0 rings (SSSR count). The average molecular weight is 166 g/mol. The summed E-state index contributed by atoms with van der Waals surface area (Å²) in [6, 6.07) is 0. The summed E-state index contributed by atoms with van der Waals surface area (Å²) in [4.78, 5) is 9.95. The molecule has 0 aliphatic carbocycles. The Hall–Kier alpha value is -0.850. The van der Waals surface area contributed by atoms with Crippen LogP contribution in [0.3, 0.4) is 0 Å². The Morgan fingerprint density at radius 3 is 2.08 bits per heavy atom. The van der Waals surface area contributed by atoms with Gasteiger partial charge >= 0.3 is 0 Å². The first kappa shape index (κ1) is 11.2. The molecule has 0 fully saturated rings. The van der Waals surface area contributed by atoms with Gasteiger partial charge in [-0.2, -0.15) is 0 Å². The van der Waals surface area contributed by atoms with Crippen molar-refractivity contribution in [3.05, 3.63) is 24.3 Å². The van der Waals surface area contributed by atoms with E-state index in [2.05, 4.69) is 26.8 Å². The predicted molar refractivity (Wildman–Crippen MR) is 53.0 cm³/mol. The standard InChI is InChI=1S/C11H18O/c1-4-11(3,5-2)9-7-6-8-10-12/h6-10H,4-5H2,1-3H3. The Balaban J connectivity index is 4.09. The highest BCUT2D eigenvalue weighted by Crippen LogP contribution is 2.26. The first-order chi connectivity index (χ1) is 5.68. The molecule has 0 saturated heterocycles. The van der Waals surface area contributed by atoms with E-state index in [-0.39, 0.29) is 5.41 Å². The number of carbonyl (C=O) groups is 1. The molecule has 0 saturated carbocycles. The lowest BCUT2D eigenvalue weighted by molar-refractivity contribution is -0.104. The quantitative estimate of drug-likeness (QED) is 0.348. The van der Waals surface area contributed by atoms with Gasteiger partial charge in [-0.15, -0.1) is 0 Å². The van der Waals surface area contributed by atoms with Gasteiger partial charge in [-0.1, -0.05) is 39.0 Å². The Morgan fingerprint density at radius 2 is 1.67 bits per heavy atom. The van der Waals surface area contributed by atoms with Gasteiger partial charge in [-0.05, 0) is 24.3 Å². The molecule has 0 N–H and O–H groups in total. The Labute approximate surface area is 75.2 Å². The second-order valence-electron chi connectivity index (χ2n) is 3.24. The zero-order valence-electron chi connectivity index (χ0n) is 8.21. The van der Waals surface area contributed by atoms with E-state index in [9.17, 15) is 4.79 Å². The van der Waals surface area contributed by atoms with E-state index in [0.717, 1.165) is 19.1 Å². The lowest BCUT2D eigenvalue weighted by atomic mass is 9.84. The summed E-state index contributed by atoms with van der Waals surface area (Å²) >= 11 is 0. The molecular formula is C11H18O. The van der Waals surface area contributed by atoms with Crippen molar-refractivity contribution in [1.82, 2.24) is 0 Å². The maximum absolute atomic E-state index is 9.95. The van der Waals surface area contributed by atoms with Gasteiger partial charge in [-0.3, -0.25) is 4.79 Å². The smallest absolute Gasteiger partial charge is 0.142 e. The van der Waals surface area contributed by atoms with Gasteiger partial charge in [0.1, 0.15) is 6.29 Å². The number of allylic oxidation sites excluding steroid dienone is 4. The lowest BCUT2D eigenvalue weighted by Gasteiger charge is -2.21. The third-order valence-corrected chi connectivity index (χ3v) is 2.41. The van der Waals surface area contributed by atoms with Crippen LogP contribution in [0.1, 0.15) is 33.6 Å². The van der Waals surface area contributed by atoms with Crippen LogP contribution in [0.2, 0.25) is 0 Å². The van der Waals surface area contributed by atoms with Crippen LogP contribution >= 0.6 is 0 Å². The molecule has 68 valence electrons. The summed E-state index contributed by atoms with van der Waals surface area (Å²) < 4.78 is 0. The fraction of sp³-hybridized carbons (Fsp3) is 0.545. The molecule has 1 heteroatoms. The van der Waals surface area contributed by atoms with E-state index in [1.165, 1.54) is 6.08 Å². The summed E-state index contributed by atoms with van der Waals surface area (Å²) in [5.74, 6) is 0. The van der Waals surface area contributed by atoms with Crippen molar-refractivity contribution in [2.24, 2.45) is 5.41 Å². The maximum atomic E-state index is 9.95. The highest BCUT2D eigenvalue weighted by Gasteiger charge is 2.13. The summed E-state index contributed by atoms with van der Waals surface area (Å²) in [7, 11) is 0. The normalized spacial score (nSPS) is 12.9. The van der Waals surface area contributed by atoms with Crippen molar-refractivity contribution in [2.75, 3.05) is 0 Å². The van der Waals surface area contributed by atoms with E-state index >= 15 is 0 Å². The number of hydrogen-bond acceptors (Lipinski definition) is 1. The molecule has 1 nitrogen and oxygen atoms in total. The minimum Gasteiger partial charge on any atom is -0.299 e. The molecule has 0 heterocycles. The monoisotopic (exact) mass is 166 g/mol. The van der Waals surface area contributed by atoms with Gasteiger partial charge < -0.3 is 0 Å². The molecule has 0 aromatic heterocycles. The summed E-state index contributed by atoms with van der Waals surface area (Å²) in [5.41, 5.74) is 0.285. The largest absolute Gasteiger partial charge is 0.299 e.